The van der Waals surface area contributed by atoms with Gasteiger partial charge >= 0.3 is 8.80 Å². The fourth-order valence-electron chi connectivity index (χ4n) is 5.45. The van der Waals surface area contributed by atoms with Crippen molar-refractivity contribution in [2.24, 2.45) is 17.2 Å². The first kappa shape index (κ1) is 70.0. The number of unbranched alkanes of at least 4 members (excludes halogenated alkanes) is 15. The Bertz CT molecular complexity index is 1290. The molecular formula is C38H90N4O18S3Si. The first-order valence-corrected chi connectivity index (χ1v) is 29.2. The lowest BCUT2D eigenvalue weighted by Gasteiger charge is -2.38. The maximum atomic E-state index is 9.77. The van der Waals surface area contributed by atoms with E-state index in [1.165, 1.54) is 96.3 Å². The third kappa shape index (κ3) is 52.4. The van der Waals surface area contributed by atoms with Gasteiger partial charge in [-0.05, 0) is 12.8 Å². The summed E-state index contributed by atoms with van der Waals surface area (Å²) in [5.74, 6) is 0. The van der Waals surface area contributed by atoms with E-state index in [9.17, 15) is 47.5 Å². The summed E-state index contributed by atoms with van der Waals surface area (Å²) >= 11 is 0. The van der Waals surface area contributed by atoms with E-state index >= 15 is 0 Å². The normalized spacial score (nSPS) is 13.0. The van der Waals surface area contributed by atoms with Gasteiger partial charge in [0.25, 0.3) is 20.2 Å². The molecule has 0 atom stereocenters. The van der Waals surface area contributed by atoms with Gasteiger partial charge in [0, 0.05) is 18.7 Å². The van der Waals surface area contributed by atoms with Gasteiger partial charge in [0.05, 0.1) is 126 Å². The maximum absolute atomic E-state index is 9.77. The van der Waals surface area contributed by atoms with Crippen molar-refractivity contribution >= 4 is 39.2 Å². The fraction of sp³-hybridized carbons (Fsp3) is 1.00. The lowest BCUT2D eigenvalue weighted by molar-refractivity contribution is -0.890. The van der Waals surface area contributed by atoms with Crippen LogP contribution in [0.4, 0.5) is 0 Å². The summed E-state index contributed by atoms with van der Waals surface area (Å²) in [6.45, 7) is -0.365. The summed E-state index contributed by atoms with van der Waals surface area (Å²) in [6.07, 6.45) is 23.9. The Labute approximate surface area is 386 Å². The average molecular weight is 1020 g/mol. The van der Waals surface area contributed by atoms with Crippen LogP contribution in [0.25, 0.3) is 0 Å². The molecule has 0 aromatic heterocycles. The van der Waals surface area contributed by atoms with Crippen molar-refractivity contribution in [1.82, 2.24) is 0 Å². The minimum absolute atomic E-state index is 0.264. The molecule has 0 aliphatic heterocycles. The van der Waals surface area contributed by atoms with Gasteiger partial charge in [0.1, 0.15) is 0 Å². The topological polar surface area (TPSA) is 393 Å². The molecule has 0 fully saturated rings. The van der Waals surface area contributed by atoms with E-state index in [2.05, 4.69) is 21.0 Å². The van der Waals surface area contributed by atoms with Gasteiger partial charge in [-0.3, -0.25) is 9.11 Å². The van der Waals surface area contributed by atoms with Crippen LogP contribution in [-0.4, -0.2) is 205 Å². The quantitative estimate of drug-likeness (QED) is 0.0169. The lowest BCUT2D eigenvalue weighted by atomic mass is 10.0. The molecule has 0 aromatic carbocycles. The minimum Gasteiger partial charge on any atom is -0.748 e. The van der Waals surface area contributed by atoms with Gasteiger partial charge in [0.15, 0.2) is 0 Å². The Morgan fingerprint density at radius 3 is 0.906 bits per heavy atom. The van der Waals surface area contributed by atoms with E-state index in [1.54, 1.807) is 0 Å². The number of nitrogens with zero attached hydrogens (tertiary/aromatic N) is 1. The van der Waals surface area contributed by atoms with Crippen LogP contribution < -0.4 is 17.2 Å². The Morgan fingerprint density at radius 1 is 0.484 bits per heavy atom. The Kier molecular flexibility index (Phi) is 40.8. The van der Waals surface area contributed by atoms with E-state index in [4.69, 9.17) is 52.6 Å². The minimum atomic E-state index is -3.92. The SMILES string of the molecule is CCCCCCCCCCCCCCCCCC[N+](C)(C)CCC[Si](OCC(N)(CO)CO)(OCC(N)(CO)CO)OCC(N)(CO)CO.CS(=O)(=O)O.CS(=O)(=O)O.CS(=O)(=O)[O-]. The van der Waals surface area contributed by atoms with Crippen LogP contribution >= 0.6 is 0 Å². The summed E-state index contributed by atoms with van der Waals surface area (Å²) in [5, 5.41) is 58.6. The van der Waals surface area contributed by atoms with E-state index in [0.29, 0.717) is 25.2 Å². The molecule has 0 heterocycles. The number of aliphatic hydroxyl groups excluding tert-OH is 6. The van der Waals surface area contributed by atoms with Gasteiger partial charge in [-0.1, -0.05) is 96.8 Å². The summed E-state index contributed by atoms with van der Waals surface area (Å²) in [6, 6.07) is 0.264. The Balaban J connectivity index is -0.00000102. The van der Waals surface area contributed by atoms with E-state index in [0.717, 1.165) is 24.0 Å². The van der Waals surface area contributed by atoms with Crippen molar-refractivity contribution in [2.75, 3.05) is 105 Å². The van der Waals surface area contributed by atoms with Crippen LogP contribution in [0, 0.1) is 0 Å². The zero-order valence-corrected chi connectivity index (χ0v) is 43.0. The highest BCUT2D eigenvalue weighted by Gasteiger charge is 2.47. The summed E-state index contributed by atoms with van der Waals surface area (Å²) in [7, 11) is -10.7. The second-order valence-electron chi connectivity index (χ2n) is 17.5. The summed E-state index contributed by atoms with van der Waals surface area (Å²) in [5.41, 5.74) is 13.8. The number of hydrogen-bond donors (Lipinski definition) is 11. The van der Waals surface area contributed by atoms with Crippen molar-refractivity contribution in [2.45, 2.75) is 139 Å². The van der Waals surface area contributed by atoms with Crippen molar-refractivity contribution < 1.29 is 87.3 Å². The third-order valence-electron chi connectivity index (χ3n) is 9.49. The Morgan fingerprint density at radius 2 is 0.688 bits per heavy atom. The number of aliphatic hydroxyl groups is 6. The molecule has 0 saturated heterocycles. The van der Waals surface area contributed by atoms with Crippen LogP contribution in [0.5, 0.6) is 0 Å². The molecule has 392 valence electrons. The molecule has 0 aromatic rings. The summed E-state index contributed by atoms with van der Waals surface area (Å²) in [4.78, 5) is 0. The van der Waals surface area contributed by atoms with Crippen LogP contribution in [0.2, 0.25) is 6.04 Å². The van der Waals surface area contributed by atoms with Crippen molar-refractivity contribution in [3.8, 4) is 0 Å². The van der Waals surface area contributed by atoms with E-state index in [-0.39, 0.29) is 25.9 Å². The predicted octanol–water partition coefficient (Wildman–Crippen LogP) is -0.0812. The molecule has 0 rings (SSSR count). The third-order valence-corrected chi connectivity index (χ3v) is 12.2. The zero-order chi connectivity index (χ0) is 50.6. The molecule has 14 N–H and O–H groups in total. The molecule has 26 heteroatoms. The van der Waals surface area contributed by atoms with Gasteiger partial charge in [-0.2, -0.15) is 16.8 Å². The van der Waals surface area contributed by atoms with Crippen LogP contribution in [0.1, 0.15) is 116 Å². The maximum Gasteiger partial charge on any atom is 0.501 e. The molecule has 0 aliphatic carbocycles. The molecular weight excluding hydrogens is 925 g/mol. The van der Waals surface area contributed by atoms with Crippen molar-refractivity contribution in [3.63, 3.8) is 0 Å². The predicted molar refractivity (Wildman–Crippen MR) is 248 cm³/mol. The molecule has 0 bridgehead atoms. The molecule has 0 unspecified atom stereocenters. The summed E-state index contributed by atoms with van der Waals surface area (Å²) < 4.78 is 98.2. The largest absolute Gasteiger partial charge is 0.748 e. The smallest absolute Gasteiger partial charge is 0.501 e. The average Bonchev–Trinajstić information content (AvgIpc) is 3.18. The van der Waals surface area contributed by atoms with E-state index < -0.39 is 95.4 Å². The number of nitrogens with two attached hydrogens (primary N) is 3. The number of quaternary nitrogens is 1. The van der Waals surface area contributed by atoms with Crippen molar-refractivity contribution in [1.29, 1.82) is 0 Å². The van der Waals surface area contributed by atoms with Gasteiger partial charge in [-0.25, -0.2) is 8.42 Å². The van der Waals surface area contributed by atoms with Crippen LogP contribution in [0.3, 0.4) is 0 Å². The molecule has 22 nitrogen and oxygen atoms in total. The first-order valence-electron chi connectivity index (χ1n) is 21.8. The molecule has 0 spiro atoms. The van der Waals surface area contributed by atoms with Crippen LogP contribution in [0.15, 0.2) is 0 Å². The van der Waals surface area contributed by atoms with Gasteiger partial charge < -0.3 is 70.2 Å². The highest BCUT2D eigenvalue weighted by atomic mass is 32.2. The van der Waals surface area contributed by atoms with Crippen LogP contribution in [-0.2, 0) is 43.6 Å². The second kappa shape index (κ2) is 37.3. The highest BCUT2D eigenvalue weighted by molar-refractivity contribution is 7.85. The Hall–Kier alpha value is -0.573. The molecule has 0 amide bonds. The monoisotopic (exact) mass is 1010 g/mol. The first-order chi connectivity index (χ1) is 29.3. The molecule has 0 radical (unpaired) electrons. The van der Waals surface area contributed by atoms with Crippen molar-refractivity contribution in [3.05, 3.63) is 0 Å². The molecule has 0 saturated carbocycles. The molecule has 0 aliphatic rings. The lowest BCUT2D eigenvalue weighted by Crippen LogP contribution is -2.61. The standard InChI is InChI=1S/C35H79N4O9Si.3CH4O3S/c1-4-5-6-7-8-9-10-11-12-13-14-15-16-17-18-19-21-39(2,3)22-20-23-49(46-30-33(36,24-40)25-41,47-31-34(37,26-42)27-43)48-32-35(38,28-44)29-45;3*1-5(2,3)4/h40-45H,4-32,36-38H2,1-3H3;3*1H3,(H,2,3,4)/q+1;;;/p-1. The molecule has 64 heavy (non-hydrogen) atoms. The second-order valence-corrected chi connectivity index (χ2v) is 24.6. The van der Waals surface area contributed by atoms with Gasteiger partial charge in [0.2, 0.25) is 0 Å². The number of hydrogen-bond acceptors (Lipinski definition) is 19. The number of rotatable bonds is 36. The zero-order valence-electron chi connectivity index (χ0n) is 39.6. The van der Waals surface area contributed by atoms with E-state index in [1.807, 2.05) is 0 Å². The fourth-order valence-corrected chi connectivity index (χ4v) is 8.25. The van der Waals surface area contributed by atoms with Gasteiger partial charge in [-0.15, -0.1) is 0 Å². The highest BCUT2D eigenvalue weighted by Crippen LogP contribution is 2.24.